The van der Waals surface area contributed by atoms with Crippen LogP contribution in [0.25, 0.3) is 0 Å². The van der Waals surface area contributed by atoms with Crippen molar-refractivity contribution in [3.63, 3.8) is 0 Å². The van der Waals surface area contributed by atoms with Crippen molar-refractivity contribution in [2.24, 2.45) is 0 Å². The van der Waals surface area contributed by atoms with Gasteiger partial charge in [-0.3, -0.25) is 4.98 Å². The number of rotatable bonds is 4. The number of hydrogen-bond donors (Lipinski definition) is 1. The largest absolute Gasteiger partial charge is 0.487 e. The highest BCUT2D eigenvalue weighted by Gasteiger charge is 2.07. The first kappa shape index (κ1) is 13.3. The molecule has 3 nitrogen and oxygen atoms in total. The van der Waals surface area contributed by atoms with Gasteiger partial charge in [-0.2, -0.15) is 0 Å². The van der Waals surface area contributed by atoms with Gasteiger partial charge in [0, 0.05) is 21.3 Å². The number of aliphatic hydroxyl groups excluding tert-OH is 1. The summed E-state index contributed by atoms with van der Waals surface area (Å²) >= 11 is 9.29. The van der Waals surface area contributed by atoms with Gasteiger partial charge in [-0.05, 0) is 40.2 Å². The summed E-state index contributed by atoms with van der Waals surface area (Å²) in [5, 5.41) is 9.75. The number of ether oxygens (including phenoxy) is 1. The van der Waals surface area contributed by atoms with Gasteiger partial charge < -0.3 is 9.84 Å². The molecule has 1 heterocycles. The summed E-state index contributed by atoms with van der Waals surface area (Å²) in [6.07, 6.45) is 1.71. The number of aliphatic hydroxyl groups is 1. The lowest BCUT2D eigenvalue weighted by molar-refractivity contribution is 0.257. The van der Waals surface area contributed by atoms with Crippen LogP contribution in [0.1, 0.15) is 11.3 Å². The Labute approximate surface area is 119 Å². The third-order valence-corrected chi connectivity index (χ3v) is 3.22. The summed E-state index contributed by atoms with van der Waals surface area (Å²) in [5.41, 5.74) is 1.40. The van der Waals surface area contributed by atoms with Crippen LogP contribution < -0.4 is 4.74 Å². The molecule has 94 valence electrons. The molecular weight excluding hydrogens is 318 g/mol. The van der Waals surface area contributed by atoms with Crippen LogP contribution in [-0.2, 0) is 13.2 Å². The van der Waals surface area contributed by atoms with E-state index in [1.807, 2.05) is 12.1 Å². The molecule has 0 aliphatic carbocycles. The van der Waals surface area contributed by atoms with Crippen LogP contribution in [0.3, 0.4) is 0 Å². The van der Waals surface area contributed by atoms with E-state index in [0.717, 1.165) is 10.2 Å². The Morgan fingerprint density at radius 1 is 1.28 bits per heavy atom. The first-order chi connectivity index (χ1) is 8.70. The standard InChI is InChI=1S/C13H11BrClNO2/c14-9-4-5-10(16-6-9)8-18-13-3-1-2-12(15)11(13)7-17/h1-6,17H,7-8H2. The van der Waals surface area contributed by atoms with E-state index < -0.39 is 0 Å². The van der Waals surface area contributed by atoms with Crippen molar-refractivity contribution in [3.05, 3.63) is 57.3 Å². The van der Waals surface area contributed by atoms with Gasteiger partial charge >= 0.3 is 0 Å². The molecule has 1 N–H and O–H groups in total. The van der Waals surface area contributed by atoms with Crippen LogP contribution in [0.2, 0.25) is 5.02 Å². The Hall–Kier alpha value is -1.10. The van der Waals surface area contributed by atoms with Crippen molar-refractivity contribution >= 4 is 27.5 Å². The molecule has 5 heteroatoms. The van der Waals surface area contributed by atoms with E-state index in [9.17, 15) is 5.11 Å². The molecule has 0 saturated carbocycles. The fraction of sp³-hybridized carbons (Fsp3) is 0.154. The second-order valence-corrected chi connectivity index (χ2v) is 4.95. The highest BCUT2D eigenvalue weighted by atomic mass is 79.9. The fourth-order valence-corrected chi connectivity index (χ4v) is 1.93. The van der Waals surface area contributed by atoms with Crippen LogP contribution in [0.4, 0.5) is 0 Å². The third-order valence-electron chi connectivity index (χ3n) is 2.40. The van der Waals surface area contributed by atoms with Gasteiger partial charge in [0.2, 0.25) is 0 Å². The maximum absolute atomic E-state index is 9.25. The van der Waals surface area contributed by atoms with Crippen molar-refractivity contribution in [2.45, 2.75) is 13.2 Å². The Kier molecular flexibility index (Phi) is 4.58. The quantitative estimate of drug-likeness (QED) is 0.933. The summed E-state index contributed by atoms with van der Waals surface area (Å²) in [6, 6.07) is 9.05. The van der Waals surface area contributed by atoms with E-state index >= 15 is 0 Å². The molecule has 0 bridgehead atoms. The molecule has 2 rings (SSSR count). The Bertz CT molecular complexity index is 531. The summed E-state index contributed by atoms with van der Waals surface area (Å²) < 4.78 is 6.53. The molecular formula is C13H11BrClNO2. The van der Waals surface area contributed by atoms with Gasteiger partial charge in [0.05, 0.1) is 12.3 Å². The molecule has 0 atom stereocenters. The number of pyridine rings is 1. The minimum atomic E-state index is -0.150. The van der Waals surface area contributed by atoms with E-state index in [0.29, 0.717) is 22.9 Å². The second-order valence-electron chi connectivity index (χ2n) is 3.63. The monoisotopic (exact) mass is 327 g/mol. The normalized spacial score (nSPS) is 10.4. The lowest BCUT2D eigenvalue weighted by Gasteiger charge is -2.10. The van der Waals surface area contributed by atoms with Crippen LogP contribution in [0.5, 0.6) is 5.75 Å². The number of halogens is 2. The van der Waals surface area contributed by atoms with Gasteiger partial charge in [0.15, 0.2) is 0 Å². The van der Waals surface area contributed by atoms with Gasteiger partial charge in [0.1, 0.15) is 12.4 Å². The van der Waals surface area contributed by atoms with Gasteiger partial charge in [0.25, 0.3) is 0 Å². The van der Waals surface area contributed by atoms with E-state index in [-0.39, 0.29) is 6.61 Å². The number of benzene rings is 1. The molecule has 0 spiro atoms. The predicted octanol–water partition coefficient (Wildman–Crippen LogP) is 3.57. The van der Waals surface area contributed by atoms with Crippen molar-refractivity contribution in [2.75, 3.05) is 0 Å². The Morgan fingerprint density at radius 2 is 2.11 bits per heavy atom. The first-order valence-corrected chi connectivity index (χ1v) is 6.49. The summed E-state index contributed by atoms with van der Waals surface area (Å²) in [4.78, 5) is 4.20. The SMILES string of the molecule is OCc1c(Cl)cccc1OCc1ccc(Br)cn1. The molecule has 18 heavy (non-hydrogen) atoms. The van der Waals surface area contributed by atoms with Crippen LogP contribution in [-0.4, -0.2) is 10.1 Å². The van der Waals surface area contributed by atoms with Gasteiger partial charge in [-0.15, -0.1) is 0 Å². The van der Waals surface area contributed by atoms with Crippen molar-refractivity contribution in [1.29, 1.82) is 0 Å². The van der Waals surface area contributed by atoms with Gasteiger partial charge in [-0.25, -0.2) is 0 Å². The maximum Gasteiger partial charge on any atom is 0.130 e. The molecule has 0 saturated heterocycles. The van der Waals surface area contributed by atoms with E-state index in [1.54, 1.807) is 24.4 Å². The zero-order valence-electron chi connectivity index (χ0n) is 9.44. The van der Waals surface area contributed by atoms with E-state index in [2.05, 4.69) is 20.9 Å². The summed E-state index contributed by atoms with van der Waals surface area (Å²) in [7, 11) is 0. The van der Waals surface area contributed by atoms with Crippen LogP contribution in [0, 0.1) is 0 Å². The molecule has 0 amide bonds. The van der Waals surface area contributed by atoms with Gasteiger partial charge in [-0.1, -0.05) is 17.7 Å². The molecule has 0 radical (unpaired) electrons. The lowest BCUT2D eigenvalue weighted by Crippen LogP contribution is -2.00. The summed E-state index contributed by atoms with van der Waals surface area (Å²) in [5.74, 6) is 0.578. The summed E-state index contributed by atoms with van der Waals surface area (Å²) in [6.45, 7) is 0.184. The maximum atomic E-state index is 9.25. The molecule has 2 aromatic rings. The third kappa shape index (κ3) is 3.22. The molecule has 1 aromatic carbocycles. The minimum Gasteiger partial charge on any atom is -0.487 e. The predicted molar refractivity (Wildman–Crippen MR) is 73.6 cm³/mol. The first-order valence-electron chi connectivity index (χ1n) is 5.32. The molecule has 0 aliphatic rings. The minimum absolute atomic E-state index is 0.150. The number of aromatic nitrogens is 1. The van der Waals surface area contributed by atoms with Crippen molar-refractivity contribution in [1.82, 2.24) is 4.98 Å². The number of nitrogens with zero attached hydrogens (tertiary/aromatic N) is 1. The van der Waals surface area contributed by atoms with Crippen LogP contribution in [0.15, 0.2) is 41.0 Å². The second kappa shape index (κ2) is 6.18. The highest BCUT2D eigenvalue weighted by molar-refractivity contribution is 9.10. The zero-order chi connectivity index (χ0) is 13.0. The molecule has 0 unspecified atom stereocenters. The number of hydrogen-bond acceptors (Lipinski definition) is 3. The lowest BCUT2D eigenvalue weighted by atomic mass is 10.2. The molecule has 0 aliphatic heterocycles. The van der Waals surface area contributed by atoms with E-state index in [4.69, 9.17) is 16.3 Å². The van der Waals surface area contributed by atoms with E-state index in [1.165, 1.54) is 0 Å². The van der Waals surface area contributed by atoms with Crippen LogP contribution >= 0.6 is 27.5 Å². The van der Waals surface area contributed by atoms with Crippen molar-refractivity contribution in [3.8, 4) is 5.75 Å². The smallest absolute Gasteiger partial charge is 0.130 e. The highest BCUT2D eigenvalue weighted by Crippen LogP contribution is 2.26. The molecule has 0 fully saturated rings. The zero-order valence-corrected chi connectivity index (χ0v) is 11.8. The topological polar surface area (TPSA) is 42.4 Å². The fourth-order valence-electron chi connectivity index (χ4n) is 1.47. The molecule has 1 aromatic heterocycles. The Morgan fingerprint density at radius 3 is 2.78 bits per heavy atom. The Balaban J connectivity index is 2.10. The van der Waals surface area contributed by atoms with Crippen molar-refractivity contribution < 1.29 is 9.84 Å². The average molecular weight is 329 g/mol. The average Bonchev–Trinajstić information content (AvgIpc) is 2.38.